The first-order chi connectivity index (χ1) is 13.2. The Bertz CT molecular complexity index is 949. The standard InChI is InChI=1S/C20H18F3N3OS/c1-4-7-25-18(27)11-28-19-16(10-24)15(9-17(26-19)20(21,22)23)14-6-5-12(2)13(3)8-14/h4-6,8-9H,1,7,11H2,2-3H3,(H,25,27). The third-order valence-electron chi connectivity index (χ3n) is 3.99. The first-order valence-corrected chi connectivity index (χ1v) is 9.26. The van der Waals surface area contributed by atoms with Gasteiger partial charge in [-0.2, -0.15) is 18.4 Å². The Morgan fingerprint density at radius 3 is 2.61 bits per heavy atom. The number of carbonyl (C=O) groups excluding carboxylic acids is 1. The minimum absolute atomic E-state index is 0.0118. The zero-order chi connectivity index (χ0) is 20.9. The Balaban J connectivity index is 2.54. The molecule has 2 rings (SSSR count). The summed E-state index contributed by atoms with van der Waals surface area (Å²) in [6.45, 7) is 7.45. The van der Waals surface area contributed by atoms with Crippen molar-refractivity contribution in [3.8, 4) is 17.2 Å². The van der Waals surface area contributed by atoms with Crippen LogP contribution in [0.25, 0.3) is 11.1 Å². The quantitative estimate of drug-likeness (QED) is 0.561. The molecule has 0 saturated carbocycles. The fourth-order valence-corrected chi connectivity index (χ4v) is 3.22. The van der Waals surface area contributed by atoms with Crippen molar-refractivity contribution in [1.29, 1.82) is 5.26 Å². The molecule has 28 heavy (non-hydrogen) atoms. The number of halogens is 3. The molecule has 2 aromatic rings. The molecule has 1 heterocycles. The normalized spacial score (nSPS) is 11.0. The van der Waals surface area contributed by atoms with E-state index >= 15 is 0 Å². The number of benzene rings is 1. The van der Waals surface area contributed by atoms with Crippen molar-refractivity contribution in [1.82, 2.24) is 10.3 Å². The van der Waals surface area contributed by atoms with Crippen molar-refractivity contribution in [3.63, 3.8) is 0 Å². The second kappa shape index (κ2) is 8.93. The summed E-state index contributed by atoms with van der Waals surface area (Å²) in [4.78, 5) is 15.4. The Hall–Kier alpha value is -2.79. The lowest BCUT2D eigenvalue weighted by atomic mass is 9.97. The van der Waals surface area contributed by atoms with Crippen LogP contribution in [0.3, 0.4) is 0 Å². The van der Waals surface area contributed by atoms with Crippen molar-refractivity contribution in [2.24, 2.45) is 0 Å². The molecule has 1 N–H and O–H groups in total. The van der Waals surface area contributed by atoms with Gasteiger partial charge in [0.2, 0.25) is 5.91 Å². The molecule has 0 aliphatic heterocycles. The van der Waals surface area contributed by atoms with E-state index in [1.807, 2.05) is 19.9 Å². The average molecular weight is 405 g/mol. The largest absolute Gasteiger partial charge is 0.433 e. The SMILES string of the molecule is C=CCNC(=O)CSc1nc(C(F)(F)F)cc(-c2ccc(C)c(C)c2)c1C#N. The lowest BCUT2D eigenvalue weighted by molar-refractivity contribution is -0.141. The molecule has 0 spiro atoms. The lowest BCUT2D eigenvalue weighted by Crippen LogP contribution is -2.25. The number of nitrogens with one attached hydrogen (secondary N) is 1. The van der Waals surface area contributed by atoms with Crippen molar-refractivity contribution < 1.29 is 18.0 Å². The minimum Gasteiger partial charge on any atom is -0.352 e. The summed E-state index contributed by atoms with van der Waals surface area (Å²) < 4.78 is 40.1. The number of thioether (sulfide) groups is 1. The average Bonchev–Trinajstić information content (AvgIpc) is 2.65. The summed E-state index contributed by atoms with van der Waals surface area (Å²) in [5, 5.41) is 12.0. The molecule has 1 aromatic heterocycles. The minimum atomic E-state index is -4.68. The van der Waals surface area contributed by atoms with E-state index in [2.05, 4.69) is 16.9 Å². The topological polar surface area (TPSA) is 65.8 Å². The van der Waals surface area contributed by atoms with Crippen molar-refractivity contribution in [3.05, 3.63) is 59.3 Å². The van der Waals surface area contributed by atoms with Crippen LogP contribution in [0.4, 0.5) is 13.2 Å². The fourth-order valence-electron chi connectivity index (χ4n) is 2.39. The second-order valence-corrected chi connectivity index (χ2v) is 6.99. The first kappa shape index (κ1) is 21.5. The van der Waals surface area contributed by atoms with Crippen LogP contribution in [-0.2, 0) is 11.0 Å². The van der Waals surface area contributed by atoms with E-state index in [-0.39, 0.29) is 34.4 Å². The Kier molecular flexibility index (Phi) is 6.86. The first-order valence-electron chi connectivity index (χ1n) is 8.27. The second-order valence-electron chi connectivity index (χ2n) is 6.03. The highest BCUT2D eigenvalue weighted by molar-refractivity contribution is 8.00. The number of pyridine rings is 1. The van der Waals surface area contributed by atoms with Crippen molar-refractivity contribution in [2.75, 3.05) is 12.3 Å². The van der Waals surface area contributed by atoms with Gasteiger partial charge in [0.1, 0.15) is 16.8 Å². The molecule has 1 amide bonds. The summed E-state index contributed by atoms with van der Waals surface area (Å²) in [5.74, 6) is -0.552. The summed E-state index contributed by atoms with van der Waals surface area (Å²) in [6.07, 6.45) is -3.19. The van der Waals surface area contributed by atoms with Gasteiger partial charge in [-0.15, -0.1) is 6.58 Å². The molecule has 0 saturated heterocycles. The van der Waals surface area contributed by atoms with Gasteiger partial charge in [0.05, 0.1) is 11.3 Å². The maximum absolute atomic E-state index is 13.4. The van der Waals surface area contributed by atoms with Crippen LogP contribution in [0.5, 0.6) is 0 Å². The summed E-state index contributed by atoms with van der Waals surface area (Å²) in [5.41, 5.74) is 1.42. The molecule has 0 bridgehead atoms. The lowest BCUT2D eigenvalue weighted by Gasteiger charge is -2.14. The van der Waals surface area contributed by atoms with E-state index in [0.29, 0.717) is 5.56 Å². The Morgan fingerprint density at radius 2 is 2.04 bits per heavy atom. The number of hydrogen-bond donors (Lipinski definition) is 1. The Labute approximate surface area is 165 Å². The van der Waals surface area contributed by atoms with E-state index in [1.54, 1.807) is 18.2 Å². The van der Waals surface area contributed by atoms with Gasteiger partial charge in [-0.05, 0) is 36.6 Å². The fraction of sp³-hybridized carbons (Fsp3) is 0.250. The zero-order valence-electron chi connectivity index (χ0n) is 15.4. The monoisotopic (exact) mass is 405 g/mol. The van der Waals surface area contributed by atoms with Gasteiger partial charge >= 0.3 is 6.18 Å². The molecule has 1 aromatic carbocycles. The van der Waals surface area contributed by atoms with E-state index in [0.717, 1.165) is 29.0 Å². The highest BCUT2D eigenvalue weighted by atomic mass is 32.2. The molecule has 0 atom stereocenters. The van der Waals surface area contributed by atoms with Gasteiger partial charge in [-0.1, -0.05) is 36.0 Å². The maximum atomic E-state index is 13.4. The summed E-state index contributed by atoms with van der Waals surface area (Å²) >= 11 is 0.797. The van der Waals surface area contributed by atoms with Crippen LogP contribution in [0, 0.1) is 25.2 Å². The van der Waals surface area contributed by atoms with Gasteiger partial charge in [0.15, 0.2) is 0 Å². The van der Waals surface area contributed by atoms with Crippen LogP contribution in [0.1, 0.15) is 22.4 Å². The number of aromatic nitrogens is 1. The van der Waals surface area contributed by atoms with Gasteiger partial charge in [-0.3, -0.25) is 4.79 Å². The van der Waals surface area contributed by atoms with Gasteiger partial charge in [0, 0.05) is 12.1 Å². The van der Waals surface area contributed by atoms with Gasteiger partial charge in [-0.25, -0.2) is 4.98 Å². The third kappa shape index (κ3) is 5.14. The van der Waals surface area contributed by atoms with Crippen molar-refractivity contribution >= 4 is 17.7 Å². The Morgan fingerprint density at radius 1 is 1.32 bits per heavy atom. The smallest absolute Gasteiger partial charge is 0.352 e. The number of nitrogens with zero attached hydrogens (tertiary/aromatic N) is 2. The summed E-state index contributed by atoms with van der Waals surface area (Å²) in [6, 6.07) is 8.01. The van der Waals surface area contributed by atoms with E-state index in [9.17, 15) is 23.2 Å². The molecule has 0 radical (unpaired) electrons. The predicted octanol–water partition coefficient (Wildman–Crippen LogP) is 4.65. The van der Waals surface area contributed by atoms with E-state index in [4.69, 9.17) is 0 Å². The van der Waals surface area contributed by atoms with Crippen molar-refractivity contribution in [2.45, 2.75) is 25.0 Å². The molecule has 146 valence electrons. The van der Waals surface area contributed by atoms with E-state index < -0.39 is 11.9 Å². The number of hydrogen-bond acceptors (Lipinski definition) is 4. The van der Waals surface area contributed by atoms with E-state index in [1.165, 1.54) is 6.08 Å². The predicted molar refractivity (Wildman–Crippen MR) is 103 cm³/mol. The van der Waals surface area contributed by atoms with Crippen LogP contribution in [0.2, 0.25) is 0 Å². The third-order valence-corrected chi connectivity index (χ3v) is 4.97. The molecule has 0 aliphatic rings. The molecule has 0 unspecified atom stereocenters. The van der Waals surface area contributed by atoms with Crippen LogP contribution >= 0.6 is 11.8 Å². The number of rotatable bonds is 6. The molecule has 0 fully saturated rings. The molecule has 8 heteroatoms. The van der Waals surface area contributed by atoms with Crippen LogP contribution in [-0.4, -0.2) is 23.2 Å². The number of alkyl halides is 3. The van der Waals surface area contributed by atoms with Crippen LogP contribution < -0.4 is 5.32 Å². The molecule has 4 nitrogen and oxygen atoms in total. The van der Waals surface area contributed by atoms with Crippen LogP contribution in [0.15, 0.2) is 41.9 Å². The van der Waals surface area contributed by atoms with Gasteiger partial charge in [0.25, 0.3) is 0 Å². The highest BCUT2D eigenvalue weighted by Gasteiger charge is 2.34. The number of amides is 1. The maximum Gasteiger partial charge on any atom is 0.433 e. The summed E-state index contributed by atoms with van der Waals surface area (Å²) in [7, 11) is 0. The zero-order valence-corrected chi connectivity index (χ0v) is 16.2. The molecular weight excluding hydrogens is 387 g/mol. The molecule has 0 aliphatic carbocycles. The molecular formula is C20H18F3N3OS. The highest BCUT2D eigenvalue weighted by Crippen LogP contribution is 2.37. The number of nitriles is 1. The number of aryl methyl sites for hydroxylation is 2. The number of carbonyl (C=O) groups is 1. The van der Waals surface area contributed by atoms with Gasteiger partial charge < -0.3 is 5.32 Å².